The van der Waals surface area contributed by atoms with Crippen LogP contribution in [-0.2, 0) is 0 Å². The molecular formula is C10H8N2O3. The highest BCUT2D eigenvalue weighted by Crippen LogP contribution is 2.15. The average molecular weight is 204 g/mol. The van der Waals surface area contributed by atoms with E-state index in [9.17, 15) is 9.90 Å². The van der Waals surface area contributed by atoms with Gasteiger partial charge >= 0.3 is 5.97 Å². The Hall–Kier alpha value is -2.30. The third kappa shape index (κ3) is 1.80. The number of imidazole rings is 1. The van der Waals surface area contributed by atoms with E-state index in [0.717, 1.165) is 0 Å². The summed E-state index contributed by atoms with van der Waals surface area (Å²) in [6, 6.07) is 6.48. The second-order valence-electron chi connectivity index (χ2n) is 2.99. The van der Waals surface area contributed by atoms with E-state index in [2.05, 4.69) is 4.98 Å². The first kappa shape index (κ1) is 9.26. The summed E-state index contributed by atoms with van der Waals surface area (Å²) in [7, 11) is 0. The molecule has 0 saturated heterocycles. The number of phenolic OH excluding ortho intramolecular Hbond substituents is 1. The molecule has 0 unspecified atom stereocenters. The van der Waals surface area contributed by atoms with Gasteiger partial charge in [0.1, 0.15) is 12.1 Å². The van der Waals surface area contributed by atoms with Crippen molar-refractivity contribution in [2.24, 2.45) is 0 Å². The molecule has 1 aromatic carbocycles. The van der Waals surface area contributed by atoms with Crippen LogP contribution < -0.4 is 0 Å². The molecule has 0 bridgehead atoms. The molecule has 2 aromatic rings. The molecule has 0 saturated carbocycles. The highest BCUT2D eigenvalue weighted by Gasteiger charge is 2.07. The van der Waals surface area contributed by atoms with Gasteiger partial charge in [0.15, 0.2) is 5.69 Å². The zero-order chi connectivity index (χ0) is 10.8. The number of rotatable bonds is 2. The fourth-order valence-corrected chi connectivity index (χ4v) is 1.23. The van der Waals surface area contributed by atoms with Gasteiger partial charge in [-0.1, -0.05) is 6.07 Å². The van der Waals surface area contributed by atoms with Crippen molar-refractivity contribution in [2.75, 3.05) is 0 Å². The van der Waals surface area contributed by atoms with Crippen molar-refractivity contribution in [3.05, 3.63) is 42.5 Å². The molecule has 1 heterocycles. The Morgan fingerprint density at radius 3 is 2.80 bits per heavy atom. The second-order valence-corrected chi connectivity index (χ2v) is 2.99. The maximum Gasteiger partial charge on any atom is 0.356 e. The van der Waals surface area contributed by atoms with Crippen molar-refractivity contribution in [2.45, 2.75) is 0 Å². The highest BCUT2D eigenvalue weighted by molar-refractivity contribution is 5.85. The van der Waals surface area contributed by atoms with Gasteiger partial charge in [0.2, 0.25) is 0 Å². The van der Waals surface area contributed by atoms with Gasteiger partial charge in [0.25, 0.3) is 0 Å². The van der Waals surface area contributed by atoms with Crippen LogP contribution in [0.2, 0.25) is 0 Å². The van der Waals surface area contributed by atoms with Crippen LogP contribution >= 0.6 is 0 Å². The Morgan fingerprint density at radius 2 is 2.20 bits per heavy atom. The van der Waals surface area contributed by atoms with E-state index in [1.807, 2.05) is 0 Å². The summed E-state index contributed by atoms with van der Waals surface area (Å²) in [5.74, 6) is -0.952. The largest absolute Gasteiger partial charge is 0.508 e. The van der Waals surface area contributed by atoms with Crippen molar-refractivity contribution in [3.8, 4) is 11.4 Å². The summed E-state index contributed by atoms with van der Waals surface area (Å²) in [4.78, 5) is 14.3. The smallest absolute Gasteiger partial charge is 0.356 e. The number of carboxylic acids is 1. The van der Waals surface area contributed by atoms with Crippen LogP contribution in [0.4, 0.5) is 0 Å². The lowest BCUT2D eigenvalue weighted by molar-refractivity contribution is 0.0691. The van der Waals surface area contributed by atoms with Gasteiger partial charge in [0, 0.05) is 12.3 Å². The summed E-state index contributed by atoms with van der Waals surface area (Å²) in [5.41, 5.74) is 0.633. The first-order valence-electron chi connectivity index (χ1n) is 4.23. The molecule has 76 valence electrons. The van der Waals surface area contributed by atoms with E-state index < -0.39 is 5.97 Å². The summed E-state index contributed by atoms with van der Waals surface area (Å²) in [6.45, 7) is 0. The molecule has 1 aromatic heterocycles. The van der Waals surface area contributed by atoms with Crippen LogP contribution in [0.3, 0.4) is 0 Å². The van der Waals surface area contributed by atoms with Crippen molar-refractivity contribution >= 4 is 5.97 Å². The summed E-state index contributed by atoms with van der Waals surface area (Å²) in [5, 5.41) is 17.9. The number of nitrogens with zero attached hydrogens (tertiary/aromatic N) is 2. The number of carboxylic acid groups (broad SMARTS) is 1. The van der Waals surface area contributed by atoms with Crippen molar-refractivity contribution in [1.82, 2.24) is 9.55 Å². The number of benzene rings is 1. The molecule has 0 radical (unpaired) electrons. The molecule has 0 fully saturated rings. The fraction of sp³-hybridized carbons (Fsp3) is 0. The van der Waals surface area contributed by atoms with E-state index >= 15 is 0 Å². The molecule has 0 aliphatic carbocycles. The number of hydrogen-bond acceptors (Lipinski definition) is 3. The van der Waals surface area contributed by atoms with E-state index in [1.54, 1.807) is 18.2 Å². The molecule has 0 spiro atoms. The molecule has 5 nitrogen and oxygen atoms in total. The van der Waals surface area contributed by atoms with Crippen LogP contribution in [0.25, 0.3) is 5.69 Å². The van der Waals surface area contributed by atoms with Gasteiger partial charge in [-0.3, -0.25) is 0 Å². The predicted molar refractivity (Wildman–Crippen MR) is 52.2 cm³/mol. The van der Waals surface area contributed by atoms with Gasteiger partial charge < -0.3 is 14.8 Å². The zero-order valence-electron chi connectivity index (χ0n) is 7.66. The normalized spacial score (nSPS) is 10.1. The van der Waals surface area contributed by atoms with Gasteiger partial charge in [0.05, 0.1) is 5.69 Å². The molecule has 0 aliphatic rings. The molecule has 0 aliphatic heterocycles. The van der Waals surface area contributed by atoms with Crippen LogP contribution in [-0.4, -0.2) is 25.7 Å². The highest BCUT2D eigenvalue weighted by atomic mass is 16.4. The van der Waals surface area contributed by atoms with E-state index in [1.165, 1.54) is 23.2 Å². The van der Waals surface area contributed by atoms with Crippen LogP contribution in [0, 0.1) is 0 Å². The molecule has 0 atom stereocenters. The fourth-order valence-electron chi connectivity index (χ4n) is 1.23. The Kier molecular flexibility index (Phi) is 2.13. The van der Waals surface area contributed by atoms with E-state index in [-0.39, 0.29) is 11.4 Å². The van der Waals surface area contributed by atoms with E-state index in [0.29, 0.717) is 5.69 Å². The van der Waals surface area contributed by atoms with Crippen LogP contribution in [0.5, 0.6) is 5.75 Å². The topological polar surface area (TPSA) is 75.3 Å². The minimum absolute atomic E-state index is 0.0293. The minimum Gasteiger partial charge on any atom is -0.508 e. The first-order chi connectivity index (χ1) is 7.16. The van der Waals surface area contributed by atoms with Crippen molar-refractivity contribution in [3.63, 3.8) is 0 Å². The monoisotopic (exact) mass is 204 g/mol. The number of aromatic hydroxyl groups is 1. The third-order valence-corrected chi connectivity index (χ3v) is 1.93. The van der Waals surface area contributed by atoms with Gasteiger partial charge in [-0.25, -0.2) is 9.78 Å². The number of aromatic carboxylic acids is 1. The second kappa shape index (κ2) is 3.45. The Morgan fingerprint density at radius 1 is 1.40 bits per heavy atom. The van der Waals surface area contributed by atoms with Gasteiger partial charge in [-0.05, 0) is 12.1 Å². The van der Waals surface area contributed by atoms with Crippen LogP contribution in [0.1, 0.15) is 10.5 Å². The zero-order valence-corrected chi connectivity index (χ0v) is 7.66. The lowest BCUT2D eigenvalue weighted by Gasteiger charge is -2.00. The van der Waals surface area contributed by atoms with Gasteiger partial charge in [-0.15, -0.1) is 0 Å². The minimum atomic E-state index is -1.08. The summed E-state index contributed by atoms with van der Waals surface area (Å²) in [6.07, 6.45) is 2.77. The molecule has 5 heteroatoms. The quantitative estimate of drug-likeness (QED) is 0.772. The molecule has 0 amide bonds. The van der Waals surface area contributed by atoms with Crippen molar-refractivity contribution < 1.29 is 15.0 Å². The Balaban J connectivity index is 2.41. The SMILES string of the molecule is O=C(O)c1cn(-c2cccc(O)c2)cn1. The summed E-state index contributed by atoms with van der Waals surface area (Å²) >= 11 is 0. The third-order valence-electron chi connectivity index (χ3n) is 1.93. The standard InChI is InChI=1S/C10H8N2O3/c13-8-3-1-2-7(4-8)12-5-9(10(14)15)11-6-12/h1-6,13H,(H,14,15). The molecule has 15 heavy (non-hydrogen) atoms. The molecule has 2 rings (SSSR count). The number of hydrogen-bond donors (Lipinski definition) is 2. The average Bonchev–Trinajstić information content (AvgIpc) is 2.66. The summed E-state index contributed by atoms with van der Waals surface area (Å²) < 4.78 is 1.53. The maximum absolute atomic E-state index is 10.6. The van der Waals surface area contributed by atoms with Crippen molar-refractivity contribution in [1.29, 1.82) is 0 Å². The predicted octanol–water partition coefficient (Wildman–Crippen LogP) is 1.28. The number of aromatic nitrogens is 2. The number of phenols is 1. The van der Waals surface area contributed by atoms with E-state index in [4.69, 9.17) is 5.11 Å². The Bertz CT molecular complexity index is 505. The van der Waals surface area contributed by atoms with Gasteiger partial charge in [-0.2, -0.15) is 0 Å². The number of carbonyl (C=O) groups is 1. The van der Waals surface area contributed by atoms with Crippen LogP contribution in [0.15, 0.2) is 36.8 Å². The maximum atomic E-state index is 10.6. The molecular weight excluding hydrogens is 196 g/mol. The molecule has 2 N–H and O–H groups in total. The lowest BCUT2D eigenvalue weighted by atomic mass is 10.3. The first-order valence-corrected chi connectivity index (χ1v) is 4.23. The lowest BCUT2D eigenvalue weighted by Crippen LogP contribution is -1.95. The Labute approximate surface area is 85.2 Å².